The third-order valence-electron chi connectivity index (χ3n) is 5.94. The Morgan fingerprint density at radius 1 is 1.00 bits per heavy atom. The van der Waals surface area contributed by atoms with Gasteiger partial charge in [-0.15, -0.1) is 0 Å². The molecule has 2 rings (SSSR count). The molecule has 0 aromatic heterocycles. The molecule has 0 bridgehead atoms. The summed E-state index contributed by atoms with van der Waals surface area (Å²) in [7, 11) is 0. The number of aromatic hydroxyl groups is 1. The van der Waals surface area contributed by atoms with Crippen molar-refractivity contribution in [1.29, 1.82) is 0 Å². The summed E-state index contributed by atoms with van der Waals surface area (Å²) < 4.78 is 5.42. The molecule has 2 atom stereocenters. The zero-order valence-electron chi connectivity index (χ0n) is 23.9. The molecule has 0 saturated carbocycles. The van der Waals surface area contributed by atoms with Crippen LogP contribution in [0.3, 0.4) is 0 Å². The Kier molecular flexibility index (Phi) is 10.7. The van der Waals surface area contributed by atoms with E-state index >= 15 is 0 Å². The fourth-order valence-electron chi connectivity index (χ4n) is 4.28. The van der Waals surface area contributed by atoms with Crippen LogP contribution >= 0.6 is 0 Å². The number of para-hydroxylation sites is 1. The van der Waals surface area contributed by atoms with Crippen LogP contribution in [0.15, 0.2) is 42.5 Å². The summed E-state index contributed by atoms with van der Waals surface area (Å²) in [6, 6.07) is 10.1. The van der Waals surface area contributed by atoms with Gasteiger partial charge in [0.05, 0.1) is 0 Å². The lowest BCUT2D eigenvalue weighted by atomic mass is 9.98. The average Bonchev–Trinajstić information content (AvgIpc) is 2.80. The Morgan fingerprint density at radius 3 is 2.08 bits per heavy atom. The number of alkyl carbamates (subject to hydrolysis) is 1. The van der Waals surface area contributed by atoms with Crippen LogP contribution in [0.25, 0.3) is 0 Å². The van der Waals surface area contributed by atoms with Gasteiger partial charge in [0.15, 0.2) is 0 Å². The molecule has 0 aliphatic rings. The Morgan fingerprint density at radius 2 is 1.58 bits per heavy atom. The molecular weight excluding hydrogens is 482 g/mol. The van der Waals surface area contributed by atoms with E-state index in [-0.39, 0.29) is 30.0 Å². The number of phenolic OH excluding ortho intramolecular Hbond substituents is 1. The van der Waals surface area contributed by atoms with Crippen LogP contribution in [0.4, 0.5) is 10.5 Å². The minimum absolute atomic E-state index is 0.0558. The number of hydrogen-bond donors (Lipinski definition) is 3. The number of ether oxygens (including phenoxy) is 1. The fourth-order valence-corrected chi connectivity index (χ4v) is 4.28. The molecule has 3 amide bonds. The minimum Gasteiger partial charge on any atom is -0.508 e. The van der Waals surface area contributed by atoms with Crippen molar-refractivity contribution in [3.63, 3.8) is 0 Å². The second kappa shape index (κ2) is 13.3. The van der Waals surface area contributed by atoms with Gasteiger partial charge < -0.3 is 25.4 Å². The Hall–Kier alpha value is -3.55. The number of nitrogens with one attached hydrogen (secondary N) is 2. The first-order chi connectivity index (χ1) is 17.7. The molecule has 0 saturated heterocycles. The number of amides is 3. The largest absolute Gasteiger partial charge is 0.508 e. The average molecular weight is 526 g/mol. The van der Waals surface area contributed by atoms with E-state index in [2.05, 4.69) is 10.6 Å². The van der Waals surface area contributed by atoms with Crippen molar-refractivity contribution in [2.24, 2.45) is 5.92 Å². The molecule has 0 spiro atoms. The Balaban J connectivity index is 2.52. The lowest BCUT2D eigenvalue weighted by Gasteiger charge is -2.35. The van der Waals surface area contributed by atoms with Crippen LogP contribution < -0.4 is 10.6 Å². The topological polar surface area (TPSA) is 108 Å². The smallest absolute Gasteiger partial charge is 0.408 e. The molecule has 2 aromatic rings. The predicted molar refractivity (Wildman–Crippen MR) is 150 cm³/mol. The normalized spacial score (nSPS) is 13.0. The summed E-state index contributed by atoms with van der Waals surface area (Å²) in [6.07, 6.45) is 0.283. The quantitative estimate of drug-likeness (QED) is 0.360. The van der Waals surface area contributed by atoms with Crippen LogP contribution in [0, 0.1) is 19.8 Å². The highest BCUT2D eigenvalue weighted by atomic mass is 16.6. The third kappa shape index (κ3) is 8.78. The van der Waals surface area contributed by atoms with Gasteiger partial charge in [-0.2, -0.15) is 0 Å². The van der Waals surface area contributed by atoms with Crippen molar-refractivity contribution in [2.75, 3.05) is 11.9 Å². The molecule has 0 radical (unpaired) electrons. The number of aryl methyl sites for hydroxylation is 2. The predicted octanol–water partition coefficient (Wildman–Crippen LogP) is 5.87. The van der Waals surface area contributed by atoms with Crippen molar-refractivity contribution in [3.05, 3.63) is 59.2 Å². The second-order valence-corrected chi connectivity index (χ2v) is 11.1. The number of carbonyl (C=O) groups is 3. The van der Waals surface area contributed by atoms with Gasteiger partial charge in [0.1, 0.15) is 23.4 Å². The monoisotopic (exact) mass is 525 g/mol. The fraction of sp³-hybridized carbons (Fsp3) is 0.500. The van der Waals surface area contributed by atoms with Crippen LogP contribution in [0.1, 0.15) is 77.1 Å². The molecule has 3 N–H and O–H groups in total. The van der Waals surface area contributed by atoms with Crippen LogP contribution in [0.5, 0.6) is 5.75 Å². The van der Waals surface area contributed by atoms with Gasteiger partial charge in [0.2, 0.25) is 5.91 Å². The van der Waals surface area contributed by atoms with Gasteiger partial charge in [-0.25, -0.2) is 4.79 Å². The lowest BCUT2D eigenvalue weighted by molar-refractivity contribution is -0.141. The first kappa shape index (κ1) is 30.7. The van der Waals surface area contributed by atoms with Gasteiger partial charge in [-0.05, 0) is 82.2 Å². The van der Waals surface area contributed by atoms with Crippen molar-refractivity contribution in [1.82, 2.24) is 10.2 Å². The van der Waals surface area contributed by atoms with E-state index in [1.165, 1.54) is 17.0 Å². The van der Waals surface area contributed by atoms with E-state index in [0.717, 1.165) is 11.1 Å². The van der Waals surface area contributed by atoms with Crippen LogP contribution in [0.2, 0.25) is 0 Å². The van der Waals surface area contributed by atoms with Crippen LogP contribution in [-0.2, 0) is 14.3 Å². The number of hydrogen-bond acceptors (Lipinski definition) is 5. The zero-order valence-corrected chi connectivity index (χ0v) is 23.9. The molecule has 0 fully saturated rings. The maximum Gasteiger partial charge on any atom is 0.408 e. The highest BCUT2D eigenvalue weighted by Crippen LogP contribution is 2.28. The number of rotatable bonds is 10. The summed E-state index contributed by atoms with van der Waals surface area (Å²) in [5.41, 5.74) is 2.32. The standard InChI is InChI=1S/C30H43N3O5/c1-9-17-33(28(36)24(18-19(2)3)31-29(37)38-30(6,7)8)26(22-13-15-23(34)16-14-22)27(35)32-25-20(4)11-10-12-21(25)5/h10-16,19,24,26,34H,9,17-18H2,1-8H3,(H,31,37)(H,32,35). The molecular formula is C30H43N3O5. The summed E-state index contributed by atoms with van der Waals surface area (Å²) in [5.74, 6) is -0.602. The highest BCUT2D eigenvalue weighted by molar-refractivity contribution is 5.99. The lowest BCUT2D eigenvalue weighted by Crippen LogP contribution is -2.53. The van der Waals surface area contributed by atoms with E-state index in [4.69, 9.17) is 4.74 Å². The summed E-state index contributed by atoms with van der Waals surface area (Å²) in [4.78, 5) is 42.1. The van der Waals surface area contributed by atoms with Crippen LogP contribution in [-0.4, -0.2) is 46.1 Å². The molecule has 2 unspecified atom stereocenters. The Bertz CT molecular complexity index is 1090. The van der Waals surface area contributed by atoms with Crippen molar-refractivity contribution in [3.8, 4) is 5.75 Å². The molecule has 2 aromatic carbocycles. The van der Waals surface area contributed by atoms with Gasteiger partial charge >= 0.3 is 6.09 Å². The number of carbonyl (C=O) groups excluding carboxylic acids is 3. The maximum atomic E-state index is 14.1. The van der Waals surface area contributed by atoms with E-state index in [0.29, 0.717) is 24.1 Å². The van der Waals surface area contributed by atoms with E-state index in [1.54, 1.807) is 32.9 Å². The molecule has 8 nitrogen and oxygen atoms in total. The minimum atomic E-state index is -0.989. The molecule has 0 aliphatic carbocycles. The molecule has 208 valence electrons. The van der Waals surface area contributed by atoms with Gasteiger partial charge in [-0.1, -0.05) is 51.1 Å². The SMILES string of the molecule is CCCN(C(=O)C(CC(C)C)NC(=O)OC(C)(C)C)C(C(=O)Nc1c(C)cccc1C)c1ccc(O)cc1. The van der Waals surface area contributed by atoms with Gasteiger partial charge in [0, 0.05) is 12.2 Å². The first-order valence-electron chi connectivity index (χ1n) is 13.2. The van der Waals surface area contributed by atoms with Crippen molar-refractivity contribution >= 4 is 23.6 Å². The molecule has 0 aliphatic heterocycles. The van der Waals surface area contributed by atoms with Crippen molar-refractivity contribution < 1.29 is 24.2 Å². The van der Waals surface area contributed by atoms with E-state index in [9.17, 15) is 19.5 Å². The number of nitrogens with zero attached hydrogens (tertiary/aromatic N) is 1. The second-order valence-electron chi connectivity index (χ2n) is 11.1. The summed E-state index contributed by atoms with van der Waals surface area (Å²) in [6.45, 7) is 15.2. The highest BCUT2D eigenvalue weighted by Gasteiger charge is 2.36. The number of phenols is 1. The maximum absolute atomic E-state index is 14.1. The summed E-state index contributed by atoms with van der Waals surface area (Å²) >= 11 is 0. The Labute approximate surface area is 226 Å². The number of anilines is 1. The third-order valence-corrected chi connectivity index (χ3v) is 5.94. The first-order valence-corrected chi connectivity index (χ1v) is 13.2. The summed E-state index contributed by atoms with van der Waals surface area (Å²) in [5, 5.41) is 15.6. The molecule has 8 heteroatoms. The van der Waals surface area contributed by atoms with Gasteiger partial charge in [0.25, 0.3) is 5.91 Å². The molecule has 0 heterocycles. The molecule has 38 heavy (non-hydrogen) atoms. The zero-order chi connectivity index (χ0) is 28.6. The van der Waals surface area contributed by atoms with Crippen molar-refractivity contribution in [2.45, 2.75) is 85.9 Å². The van der Waals surface area contributed by atoms with E-state index in [1.807, 2.05) is 52.8 Å². The van der Waals surface area contributed by atoms with Gasteiger partial charge in [-0.3, -0.25) is 9.59 Å². The number of benzene rings is 2. The van der Waals surface area contributed by atoms with E-state index < -0.39 is 23.8 Å².